The van der Waals surface area contributed by atoms with Gasteiger partial charge in [-0.15, -0.1) is 0 Å². The molecule has 2 nitrogen and oxygen atoms in total. The van der Waals surface area contributed by atoms with Gasteiger partial charge in [-0.05, 0) is 98.8 Å². The average molecular weight is 691 g/mol. The van der Waals surface area contributed by atoms with Gasteiger partial charge in [0.05, 0.1) is 6.04 Å². The number of hydrogen-bond acceptors (Lipinski definition) is 2. The Morgan fingerprint density at radius 2 is 0.852 bits per heavy atom. The predicted molar refractivity (Wildman–Crippen MR) is 228 cm³/mol. The first-order valence-electron chi connectivity index (χ1n) is 18.8. The molecule has 2 atom stereocenters. The Morgan fingerprint density at radius 3 is 1.52 bits per heavy atom. The number of nitrogens with zero attached hydrogens (tertiary/aromatic N) is 2. The smallest absolute Gasteiger partial charge is 0.0629 e. The van der Waals surface area contributed by atoms with Crippen LogP contribution in [0.2, 0.25) is 0 Å². The fourth-order valence-electron chi connectivity index (χ4n) is 8.44. The van der Waals surface area contributed by atoms with Crippen LogP contribution >= 0.6 is 0 Å². The van der Waals surface area contributed by atoms with Gasteiger partial charge in [0.1, 0.15) is 0 Å². The molecule has 256 valence electrons. The zero-order valence-electron chi connectivity index (χ0n) is 29.8. The molecule has 10 rings (SSSR count). The molecule has 2 heteroatoms. The molecule has 8 aromatic rings. The van der Waals surface area contributed by atoms with E-state index in [0.29, 0.717) is 5.92 Å². The highest BCUT2D eigenvalue weighted by atomic mass is 15.2. The summed E-state index contributed by atoms with van der Waals surface area (Å²) in [5, 5.41) is 2.56. The van der Waals surface area contributed by atoms with Crippen LogP contribution in [-0.2, 0) is 0 Å². The highest BCUT2D eigenvalue weighted by Gasteiger charge is 2.38. The topological polar surface area (TPSA) is 6.48 Å². The summed E-state index contributed by atoms with van der Waals surface area (Å²) < 4.78 is 0. The second-order valence-electron chi connectivity index (χ2n) is 14.1. The largest absolute Gasteiger partial charge is 0.333 e. The van der Waals surface area contributed by atoms with Crippen LogP contribution in [0.25, 0.3) is 44.2 Å². The quantitative estimate of drug-likeness (QED) is 0.164. The van der Waals surface area contributed by atoms with E-state index in [1.165, 1.54) is 61.1 Å². The fourth-order valence-corrected chi connectivity index (χ4v) is 8.44. The van der Waals surface area contributed by atoms with E-state index in [-0.39, 0.29) is 6.04 Å². The average Bonchev–Trinajstić information content (AvgIpc) is 3.57. The summed E-state index contributed by atoms with van der Waals surface area (Å²) in [7, 11) is 0. The Labute approximate surface area is 317 Å². The Bertz CT molecular complexity index is 2660. The monoisotopic (exact) mass is 690 g/mol. The van der Waals surface area contributed by atoms with Crippen LogP contribution in [0.3, 0.4) is 0 Å². The van der Waals surface area contributed by atoms with Gasteiger partial charge >= 0.3 is 0 Å². The van der Waals surface area contributed by atoms with Crippen molar-refractivity contribution in [2.45, 2.75) is 12.0 Å². The minimum Gasteiger partial charge on any atom is -0.333 e. The lowest BCUT2D eigenvalue weighted by Gasteiger charge is -2.31. The molecule has 0 radical (unpaired) electrons. The second kappa shape index (κ2) is 13.6. The van der Waals surface area contributed by atoms with Crippen LogP contribution in [0.4, 0.5) is 28.4 Å². The summed E-state index contributed by atoms with van der Waals surface area (Å²) >= 11 is 0. The molecule has 0 N–H and O–H groups in total. The van der Waals surface area contributed by atoms with Crippen molar-refractivity contribution in [3.8, 4) is 33.4 Å². The Kier molecular flexibility index (Phi) is 8.00. The number of anilines is 5. The van der Waals surface area contributed by atoms with Crippen molar-refractivity contribution >= 4 is 39.2 Å². The number of rotatable bonds is 7. The van der Waals surface area contributed by atoms with Crippen LogP contribution in [-0.4, -0.2) is 6.04 Å². The number of allylic oxidation sites excluding steroid dienone is 2. The lowest BCUT2D eigenvalue weighted by molar-refractivity contribution is 0.745. The predicted octanol–water partition coefficient (Wildman–Crippen LogP) is 14.0. The van der Waals surface area contributed by atoms with Crippen LogP contribution in [0.5, 0.6) is 0 Å². The standard InChI is InChI=1S/C52H38N2/c1-3-15-37(16-4-1)45-21-9-10-22-46(45)38-27-31-43(32-28-38)53(42-19-5-2-6-20-42)44-33-29-39(30-34-44)47-23-11-13-25-50(47)54-51-26-14-12-24-48(51)49-35-40-17-7-8-18-41(40)36-52(49)54/h1-36,48,51H. The van der Waals surface area contributed by atoms with Gasteiger partial charge in [0.15, 0.2) is 0 Å². The number of benzene rings is 8. The molecule has 1 aliphatic carbocycles. The second-order valence-corrected chi connectivity index (χ2v) is 14.1. The van der Waals surface area contributed by atoms with E-state index in [0.717, 1.165) is 17.1 Å². The van der Waals surface area contributed by atoms with Crippen LogP contribution in [0, 0.1) is 0 Å². The summed E-state index contributed by atoms with van der Waals surface area (Å²) in [6.45, 7) is 0. The first-order chi connectivity index (χ1) is 26.8. The zero-order valence-corrected chi connectivity index (χ0v) is 29.8. The van der Waals surface area contributed by atoms with E-state index in [1.54, 1.807) is 0 Å². The Balaban J connectivity index is 1.02. The van der Waals surface area contributed by atoms with Crippen LogP contribution in [0.15, 0.2) is 218 Å². The first-order valence-corrected chi connectivity index (χ1v) is 18.8. The highest BCUT2D eigenvalue weighted by Crippen LogP contribution is 2.51. The Hall–Kier alpha value is -6.90. The summed E-state index contributed by atoms with van der Waals surface area (Å²) in [5.41, 5.74) is 14.5. The van der Waals surface area contributed by atoms with Crippen molar-refractivity contribution in [2.24, 2.45) is 0 Å². The molecule has 0 saturated heterocycles. The van der Waals surface area contributed by atoms with Crippen molar-refractivity contribution < 1.29 is 0 Å². The van der Waals surface area contributed by atoms with Gasteiger partial charge in [-0.1, -0.05) is 164 Å². The van der Waals surface area contributed by atoms with Gasteiger partial charge in [0, 0.05) is 39.9 Å². The molecule has 0 saturated carbocycles. The van der Waals surface area contributed by atoms with E-state index >= 15 is 0 Å². The van der Waals surface area contributed by atoms with E-state index in [2.05, 4.69) is 228 Å². The van der Waals surface area contributed by atoms with Crippen LogP contribution < -0.4 is 9.80 Å². The lowest BCUT2D eigenvalue weighted by atomic mass is 9.90. The minimum absolute atomic E-state index is 0.221. The third-order valence-electron chi connectivity index (χ3n) is 11.0. The summed E-state index contributed by atoms with van der Waals surface area (Å²) in [5.74, 6) is 0.308. The normalized spacial score (nSPS) is 15.6. The van der Waals surface area contributed by atoms with E-state index in [4.69, 9.17) is 0 Å². The number of hydrogen-bond donors (Lipinski definition) is 0. The van der Waals surface area contributed by atoms with Gasteiger partial charge in [-0.2, -0.15) is 0 Å². The molecule has 0 aromatic heterocycles. The van der Waals surface area contributed by atoms with Crippen molar-refractivity contribution in [1.29, 1.82) is 0 Å². The fraction of sp³-hybridized carbons (Fsp3) is 0.0385. The van der Waals surface area contributed by atoms with Gasteiger partial charge in [-0.3, -0.25) is 0 Å². The molecular formula is C52H38N2. The van der Waals surface area contributed by atoms with Gasteiger partial charge in [0.25, 0.3) is 0 Å². The van der Waals surface area contributed by atoms with Crippen molar-refractivity contribution in [1.82, 2.24) is 0 Å². The first kappa shape index (κ1) is 31.8. The highest BCUT2D eigenvalue weighted by molar-refractivity contribution is 5.94. The maximum Gasteiger partial charge on any atom is 0.0629 e. The molecule has 0 fully saturated rings. The molecule has 8 aromatic carbocycles. The molecule has 0 spiro atoms. The minimum atomic E-state index is 0.221. The molecule has 2 unspecified atom stereocenters. The van der Waals surface area contributed by atoms with Crippen molar-refractivity contribution in [2.75, 3.05) is 9.80 Å². The van der Waals surface area contributed by atoms with E-state index in [1.807, 2.05) is 0 Å². The van der Waals surface area contributed by atoms with Gasteiger partial charge < -0.3 is 9.80 Å². The van der Waals surface area contributed by atoms with Gasteiger partial charge in [-0.25, -0.2) is 0 Å². The van der Waals surface area contributed by atoms with E-state index in [9.17, 15) is 0 Å². The van der Waals surface area contributed by atoms with Crippen molar-refractivity contribution in [3.05, 3.63) is 224 Å². The summed E-state index contributed by atoms with van der Waals surface area (Å²) in [4.78, 5) is 4.90. The summed E-state index contributed by atoms with van der Waals surface area (Å²) in [6, 6.07) is 70.6. The lowest BCUT2D eigenvalue weighted by Crippen LogP contribution is -2.28. The zero-order chi connectivity index (χ0) is 35.8. The molecule has 1 heterocycles. The SMILES string of the molecule is C1=CC2c3cc4ccccc4cc3N(c3ccccc3-c3ccc(N(c4ccccc4)c4ccc(-c5ccccc5-c5ccccc5)cc4)cc3)C2C=C1. The molecular weight excluding hydrogens is 653 g/mol. The van der Waals surface area contributed by atoms with Gasteiger partial charge in [0.2, 0.25) is 0 Å². The van der Waals surface area contributed by atoms with Crippen LogP contribution in [0.1, 0.15) is 11.5 Å². The Morgan fingerprint density at radius 1 is 0.370 bits per heavy atom. The molecule has 2 aliphatic rings. The number of fused-ring (bicyclic) bond motifs is 4. The van der Waals surface area contributed by atoms with E-state index < -0.39 is 0 Å². The third-order valence-corrected chi connectivity index (χ3v) is 11.0. The number of para-hydroxylation sites is 2. The molecule has 1 aliphatic heterocycles. The molecule has 0 amide bonds. The molecule has 54 heavy (non-hydrogen) atoms. The third kappa shape index (κ3) is 5.60. The maximum absolute atomic E-state index is 2.56. The summed E-state index contributed by atoms with van der Waals surface area (Å²) in [6.07, 6.45) is 9.12. The van der Waals surface area contributed by atoms with Crippen molar-refractivity contribution in [3.63, 3.8) is 0 Å². The maximum atomic E-state index is 2.56. The molecule has 0 bridgehead atoms.